The maximum atomic E-state index is 11.8. The summed E-state index contributed by atoms with van der Waals surface area (Å²) in [6, 6.07) is 0. The first-order chi connectivity index (χ1) is 6.46. The van der Waals surface area contributed by atoms with E-state index in [2.05, 4.69) is 0 Å². The molecule has 0 aliphatic carbocycles. The number of nitrogens with two attached hydrogens (primary N) is 1. The molecule has 1 aliphatic heterocycles. The van der Waals surface area contributed by atoms with Crippen molar-refractivity contribution >= 4 is 10.0 Å². The Hall–Kier alpha value is -0.130. The molecule has 1 unspecified atom stereocenters. The van der Waals surface area contributed by atoms with E-state index >= 15 is 0 Å². The minimum Gasteiger partial charge on any atom is -0.329 e. The molecular weight excluding hydrogens is 200 g/mol. The normalized spacial score (nSPS) is 30.5. The Labute approximate surface area is 86.5 Å². The zero-order valence-corrected chi connectivity index (χ0v) is 9.81. The van der Waals surface area contributed by atoms with Crippen LogP contribution in [0.2, 0.25) is 0 Å². The Kier molecular flexibility index (Phi) is 3.55. The van der Waals surface area contributed by atoms with E-state index in [1.54, 1.807) is 11.2 Å². The van der Waals surface area contributed by atoms with Gasteiger partial charge in [-0.15, -0.1) is 0 Å². The van der Waals surface area contributed by atoms with Crippen molar-refractivity contribution in [3.05, 3.63) is 0 Å². The van der Waals surface area contributed by atoms with E-state index in [0.29, 0.717) is 13.1 Å². The fourth-order valence-electron chi connectivity index (χ4n) is 1.99. The predicted molar refractivity (Wildman–Crippen MR) is 57.5 cm³/mol. The van der Waals surface area contributed by atoms with Gasteiger partial charge in [0.2, 0.25) is 10.0 Å². The average Bonchev–Trinajstić information content (AvgIpc) is 2.18. The highest BCUT2D eigenvalue weighted by Gasteiger charge is 2.39. The van der Waals surface area contributed by atoms with E-state index in [1.807, 2.05) is 6.92 Å². The Morgan fingerprint density at radius 3 is 2.57 bits per heavy atom. The van der Waals surface area contributed by atoms with Gasteiger partial charge in [0.15, 0.2) is 0 Å². The van der Waals surface area contributed by atoms with Crippen molar-refractivity contribution in [2.24, 2.45) is 5.73 Å². The molecular formula is C9H20N2O2S. The summed E-state index contributed by atoms with van der Waals surface area (Å²) in [6.07, 6.45) is 2.90. The maximum absolute atomic E-state index is 11.8. The average molecular weight is 220 g/mol. The summed E-state index contributed by atoms with van der Waals surface area (Å²) in [4.78, 5) is 0. The van der Waals surface area contributed by atoms with Gasteiger partial charge in [0.1, 0.15) is 0 Å². The molecule has 1 heterocycles. The van der Waals surface area contributed by atoms with Crippen LogP contribution < -0.4 is 5.73 Å². The van der Waals surface area contributed by atoms with Crippen LogP contribution in [0, 0.1) is 0 Å². The topological polar surface area (TPSA) is 63.4 Å². The van der Waals surface area contributed by atoms with Crippen LogP contribution in [-0.4, -0.2) is 37.1 Å². The Morgan fingerprint density at radius 1 is 1.43 bits per heavy atom. The highest BCUT2D eigenvalue weighted by molar-refractivity contribution is 7.89. The Bertz CT molecular complexity index is 289. The van der Waals surface area contributed by atoms with Crippen LogP contribution in [0.5, 0.6) is 0 Å². The second-order valence-electron chi connectivity index (χ2n) is 4.13. The number of rotatable bonds is 3. The van der Waals surface area contributed by atoms with Crippen LogP contribution in [0.15, 0.2) is 0 Å². The van der Waals surface area contributed by atoms with Crippen molar-refractivity contribution in [2.75, 3.05) is 18.8 Å². The molecule has 0 aromatic heterocycles. The van der Waals surface area contributed by atoms with Crippen LogP contribution in [0.25, 0.3) is 0 Å². The number of hydrogen-bond donors (Lipinski definition) is 1. The van der Waals surface area contributed by atoms with Gasteiger partial charge in [-0.2, -0.15) is 4.31 Å². The monoisotopic (exact) mass is 220 g/mol. The van der Waals surface area contributed by atoms with Gasteiger partial charge in [-0.05, 0) is 26.7 Å². The molecule has 0 spiro atoms. The second kappa shape index (κ2) is 4.16. The largest absolute Gasteiger partial charge is 0.329 e. The zero-order valence-electron chi connectivity index (χ0n) is 8.99. The van der Waals surface area contributed by atoms with Gasteiger partial charge in [-0.25, -0.2) is 8.42 Å². The molecule has 1 rings (SSSR count). The van der Waals surface area contributed by atoms with E-state index in [1.165, 1.54) is 0 Å². The van der Waals surface area contributed by atoms with Gasteiger partial charge in [-0.1, -0.05) is 6.42 Å². The summed E-state index contributed by atoms with van der Waals surface area (Å²) in [5.41, 5.74) is 5.32. The van der Waals surface area contributed by atoms with Crippen molar-refractivity contribution in [2.45, 2.75) is 38.6 Å². The third-order valence-electron chi connectivity index (χ3n) is 3.07. The van der Waals surface area contributed by atoms with Crippen LogP contribution in [0.3, 0.4) is 0 Å². The zero-order chi connectivity index (χ0) is 10.8. The molecule has 0 saturated carbocycles. The molecule has 0 bridgehead atoms. The highest BCUT2D eigenvalue weighted by Crippen LogP contribution is 2.29. The van der Waals surface area contributed by atoms with E-state index < -0.39 is 10.0 Å². The third kappa shape index (κ3) is 2.10. The van der Waals surface area contributed by atoms with Crippen molar-refractivity contribution in [3.63, 3.8) is 0 Å². The first-order valence-corrected chi connectivity index (χ1v) is 6.78. The number of hydrogen-bond acceptors (Lipinski definition) is 3. The molecule has 0 aromatic rings. The van der Waals surface area contributed by atoms with Gasteiger partial charge in [-0.3, -0.25) is 0 Å². The maximum Gasteiger partial charge on any atom is 0.214 e. The quantitative estimate of drug-likeness (QED) is 0.755. The van der Waals surface area contributed by atoms with Crippen LogP contribution in [-0.2, 0) is 10.0 Å². The van der Waals surface area contributed by atoms with Gasteiger partial charge in [0.25, 0.3) is 0 Å². The molecule has 0 radical (unpaired) electrons. The standard InChI is InChI=1S/C9H20N2O2S/c1-3-14(12,13)11-7-5-4-6-9(11,2)8-10/h3-8,10H2,1-2H3. The Balaban J connectivity index is 2.94. The lowest BCUT2D eigenvalue weighted by Crippen LogP contribution is -2.56. The van der Waals surface area contributed by atoms with Crippen molar-refractivity contribution in [1.29, 1.82) is 0 Å². The van der Waals surface area contributed by atoms with Gasteiger partial charge in [0, 0.05) is 18.6 Å². The summed E-state index contributed by atoms with van der Waals surface area (Å²) in [5, 5.41) is 0. The van der Waals surface area contributed by atoms with E-state index in [9.17, 15) is 8.42 Å². The molecule has 1 aliphatic rings. The predicted octanol–water partition coefficient (Wildman–Crippen LogP) is 0.539. The molecule has 1 saturated heterocycles. The minimum absolute atomic E-state index is 0.169. The third-order valence-corrected chi connectivity index (χ3v) is 5.09. The first-order valence-electron chi connectivity index (χ1n) is 5.17. The SMILES string of the molecule is CCS(=O)(=O)N1CCCCC1(C)CN. The summed E-state index contributed by atoms with van der Waals surface area (Å²) >= 11 is 0. The van der Waals surface area contributed by atoms with Crippen LogP contribution in [0.1, 0.15) is 33.1 Å². The molecule has 4 nitrogen and oxygen atoms in total. The van der Waals surface area contributed by atoms with Crippen molar-refractivity contribution in [3.8, 4) is 0 Å². The number of piperidine rings is 1. The van der Waals surface area contributed by atoms with E-state index in [0.717, 1.165) is 19.3 Å². The number of sulfonamides is 1. The number of nitrogens with zero attached hydrogens (tertiary/aromatic N) is 1. The van der Waals surface area contributed by atoms with E-state index in [4.69, 9.17) is 5.73 Å². The molecule has 0 amide bonds. The molecule has 2 N–H and O–H groups in total. The molecule has 0 aromatic carbocycles. The lowest BCUT2D eigenvalue weighted by molar-refractivity contribution is 0.158. The fraction of sp³-hybridized carbons (Fsp3) is 1.00. The molecule has 5 heteroatoms. The summed E-state index contributed by atoms with van der Waals surface area (Å²) < 4.78 is 25.2. The van der Waals surface area contributed by atoms with Crippen molar-refractivity contribution in [1.82, 2.24) is 4.31 Å². The minimum atomic E-state index is -3.09. The lowest BCUT2D eigenvalue weighted by Gasteiger charge is -2.42. The van der Waals surface area contributed by atoms with Crippen LogP contribution in [0.4, 0.5) is 0 Å². The molecule has 1 fully saturated rings. The van der Waals surface area contributed by atoms with Crippen molar-refractivity contribution < 1.29 is 8.42 Å². The molecule has 1 atom stereocenters. The lowest BCUT2D eigenvalue weighted by atomic mass is 9.91. The Morgan fingerprint density at radius 2 is 2.07 bits per heavy atom. The summed E-state index contributed by atoms with van der Waals surface area (Å²) in [5.74, 6) is 0.169. The molecule has 84 valence electrons. The van der Waals surface area contributed by atoms with Crippen LogP contribution >= 0.6 is 0 Å². The molecule has 14 heavy (non-hydrogen) atoms. The smallest absolute Gasteiger partial charge is 0.214 e. The second-order valence-corrected chi connectivity index (χ2v) is 6.31. The summed E-state index contributed by atoms with van der Waals surface area (Å²) in [7, 11) is -3.09. The van der Waals surface area contributed by atoms with Gasteiger partial charge in [0.05, 0.1) is 5.75 Å². The van der Waals surface area contributed by atoms with Gasteiger partial charge < -0.3 is 5.73 Å². The highest BCUT2D eigenvalue weighted by atomic mass is 32.2. The van der Waals surface area contributed by atoms with Gasteiger partial charge >= 0.3 is 0 Å². The first kappa shape index (κ1) is 11.9. The van der Waals surface area contributed by atoms with E-state index in [-0.39, 0.29) is 11.3 Å². The summed E-state index contributed by atoms with van der Waals surface area (Å²) in [6.45, 7) is 4.66. The fourth-order valence-corrected chi connectivity index (χ4v) is 3.55.